The molecule has 3 heterocycles. The largest absolute Gasteiger partial charge is 0.456 e. The highest BCUT2D eigenvalue weighted by molar-refractivity contribution is 6.16. The van der Waals surface area contributed by atoms with Gasteiger partial charge in [0, 0.05) is 43.9 Å². The van der Waals surface area contributed by atoms with Gasteiger partial charge in [0.15, 0.2) is 11.2 Å². The van der Waals surface area contributed by atoms with Crippen molar-refractivity contribution in [1.29, 1.82) is 0 Å². The molecular formula is C45H26N2O3. The summed E-state index contributed by atoms with van der Waals surface area (Å²) >= 11 is 0. The van der Waals surface area contributed by atoms with Crippen molar-refractivity contribution < 1.29 is 13.3 Å². The number of anilines is 3. The van der Waals surface area contributed by atoms with E-state index in [2.05, 4.69) is 126 Å². The van der Waals surface area contributed by atoms with Gasteiger partial charge in [-0.25, -0.2) is 4.98 Å². The predicted molar refractivity (Wildman–Crippen MR) is 204 cm³/mol. The highest BCUT2D eigenvalue weighted by Crippen LogP contribution is 2.46. The van der Waals surface area contributed by atoms with E-state index in [9.17, 15) is 0 Å². The lowest BCUT2D eigenvalue weighted by Gasteiger charge is -2.25. The van der Waals surface area contributed by atoms with E-state index < -0.39 is 0 Å². The number of oxazole rings is 1. The lowest BCUT2D eigenvalue weighted by atomic mass is 10.0. The van der Waals surface area contributed by atoms with Gasteiger partial charge in [-0.3, -0.25) is 0 Å². The number of hydrogen-bond acceptors (Lipinski definition) is 5. The van der Waals surface area contributed by atoms with Crippen molar-refractivity contribution in [1.82, 2.24) is 4.98 Å². The average molecular weight is 643 g/mol. The lowest BCUT2D eigenvalue weighted by Crippen LogP contribution is -2.10. The third-order valence-electron chi connectivity index (χ3n) is 9.85. The maximum absolute atomic E-state index is 6.78. The Balaban J connectivity index is 1.13. The molecule has 0 bridgehead atoms. The first-order valence-electron chi connectivity index (χ1n) is 16.7. The highest BCUT2D eigenvalue weighted by Gasteiger charge is 2.23. The molecule has 0 amide bonds. The fourth-order valence-corrected chi connectivity index (χ4v) is 7.56. The van der Waals surface area contributed by atoms with Crippen LogP contribution in [0.3, 0.4) is 0 Å². The van der Waals surface area contributed by atoms with Gasteiger partial charge in [-0.05, 0) is 82.9 Å². The van der Waals surface area contributed by atoms with Crippen LogP contribution in [0.4, 0.5) is 17.1 Å². The number of nitrogens with zero attached hydrogens (tertiary/aromatic N) is 2. The molecular weight excluding hydrogens is 617 g/mol. The van der Waals surface area contributed by atoms with E-state index >= 15 is 0 Å². The molecule has 5 heteroatoms. The van der Waals surface area contributed by atoms with E-state index in [0.29, 0.717) is 5.89 Å². The van der Waals surface area contributed by atoms with E-state index in [1.165, 1.54) is 5.39 Å². The van der Waals surface area contributed by atoms with Gasteiger partial charge < -0.3 is 18.2 Å². The molecule has 11 rings (SSSR count). The predicted octanol–water partition coefficient (Wildman–Crippen LogP) is 13.1. The molecule has 50 heavy (non-hydrogen) atoms. The van der Waals surface area contributed by atoms with Crippen LogP contribution < -0.4 is 4.90 Å². The van der Waals surface area contributed by atoms with Gasteiger partial charge in [0.05, 0.1) is 5.69 Å². The van der Waals surface area contributed by atoms with Gasteiger partial charge in [-0.2, -0.15) is 0 Å². The van der Waals surface area contributed by atoms with Gasteiger partial charge in [0.2, 0.25) is 5.89 Å². The molecule has 3 aromatic heterocycles. The van der Waals surface area contributed by atoms with Gasteiger partial charge in [0.25, 0.3) is 0 Å². The second-order valence-electron chi connectivity index (χ2n) is 12.7. The minimum absolute atomic E-state index is 0.569. The molecule has 0 saturated carbocycles. The van der Waals surface area contributed by atoms with Crippen molar-refractivity contribution in [3.05, 3.63) is 158 Å². The molecule has 0 unspecified atom stereocenters. The van der Waals surface area contributed by atoms with Gasteiger partial charge in [0.1, 0.15) is 22.3 Å². The van der Waals surface area contributed by atoms with Crippen LogP contribution in [-0.2, 0) is 0 Å². The SMILES string of the molecule is c1ccc(N(c2ccc3oc4cc5ccccc5cc4c3c2)c2cccc3c2oc2cccc(-c4nc5c(ccc6ccccc65)o4)c23)cc1. The van der Waals surface area contributed by atoms with E-state index in [-0.39, 0.29) is 0 Å². The van der Waals surface area contributed by atoms with Crippen molar-refractivity contribution >= 4 is 93.6 Å². The fraction of sp³-hybridized carbons (Fsp3) is 0. The molecule has 0 aliphatic carbocycles. The summed E-state index contributed by atoms with van der Waals surface area (Å²) in [6.07, 6.45) is 0. The van der Waals surface area contributed by atoms with Crippen LogP contribution >= 0.6 is 0 Å². The zero-order valence-corrected chi connectivity index (χ0v) is 26.6. The van der Waals surface area contributed by atoms with E-state index in [1.54, 1.807) is 0 Å². The Morgan fingerprint density at radius 2 is 1.16 bits per heavy atom. The van der Waals surface area contributed by atoms with E-state index in [1.807, 2.05) is 36.4 Å². The summed E-state index contributed by atoms with van der Waals surface area (Å²) in [5.74, 6) is 0.569. The minimum Gasteiger partial charge on any atom is -0.456 e. The molecule has 0 N–H and O–H groups in total. The Morgan fingerprint density at radius 1 is 0.420 bits per heavy atom. The van der Waals surface area contributed by atoms with Crippen molar-refractivity contribution in [3.8, 4) is 11.5 Å². The Bertz CT molecular complexity index is 3110. The van der Waals surface area contributed by atoms with Gasteiger partial charge >= 0.3 is 0 Å². The number of rotatable bonds is 4. The zero-order valence-electron chi connectivity index (χ0n) is 26.6. The Labute approximate surface area is 285 Å². The van der Waals surface area contributed by atoms with Gasteiger partial charge in [-0.1, -0.05) is 91.0 Å². The minimum atomic E-state index is 0.569. The molecule has 0 fully saturated rings. The van der Waals surface area contributed by atoms with Crippen LogP contribution in [0.5, 0.6) is 0 Å². The molecule has 234 valence electrons. The third-order valence-corrected chi connectivity index (χ3v) is 9.85. The maximum Gasteiger partial charge on any atom is 0.228 e. The number of furan rings is 2. The monoisotopic (exact) mass is 642 g/mol. The summed E-state index contributed by atoms with van der Waals surface area (Å²) in [7, 11) is 0. The second-order valence-corrected chi connectivity index (χ2v) is 12.7. The molecule has 0 aliphatic rings. The van der Waals surface area contributed by atoms with Crippen LogP contribution in [0, 0.1) is 0 Å². The third kappa shape index (κ3) is 3.98. The van der Waals surface area contributed by atoms with Crippen LogP contribution in [0.2, 0.25) is 0 Å². The number of para-hydroxylation sites is 2. The molecule has 0 saturated heterocycles. The summed E-state index contributed by atoms with van der Waals surface area (Å²) < 4.78 is 19.6. The van der Waals surface area contributed by atoms with Crippen LogP contribution in [0.1, 0.15) is 0 Å². The van der Waals surface area contributed by atoms with Crippen LogP contribution in [0.25, 0.3) is 88.0 Å². The number of hydrogen-bond donors (Lipinski definition) is 0. The van der Waals surface area contributed by atoms with Gasteiger partial charge in [-0.15, -0.1) is 0 Å². The number of aromatic nitrogens is 1. The fourth-order valence-electron chi connectivity index (χ4n) is 7.56. The quantitative estimate of drug-likeness (QED) is 0.191. The zero-order chi connectivity index (χ0) is 32.8. The molecule has 11 aromatic rings. The van der Waals surface area contributed by atoms with Crippen molar-refractivity contribution in [2.75, 3.05) is 4.90 Å². The smallest absolute Gasteiger partial charge is 0.228 e. The summed E-state index contributed by atoms with van der Waals surface area (Å²) in [5, 5.41) is 8.65. The summed E-state index contributed by atoms with van der Waals surface area (Å²) in [5.41, 5.74) is 8.73. The lowest BCUT2D eigenvalue weighted by molar-refractivity contribution is 0.620. The highest BCUT2D eigenvalue weighted by atomic mass is 16.4. The number of benzene rings is 8. The molecule has 0 aliphatic heterocycles. The second kappa shape index (κ2) is 10.3. The molecule has 0 spiro atoms. The summed E-state index contributed by atoms with van der Waals surface area (Å²) in [6.45, 7) is 0. The molecule has 0 atom stereocenters. The Morgan fingerprint density at radius 3 is 2.06 bits per heavy atom. The van der Waals surface area contributed by atoms with Crippen LogP contribution in [-0.4, -0.2) is 4.98 Å². The topological polar surface area (TPSA) is 55.6 Å². The normalized spacial score (nSPS) is 12.0. The molecule has 8 aromatic carbocycles. The van der Waals surface area contributed by atoms with E-state index in [4.69, 9.17) is 18.2 Å². The first-order chi connectivity index (χ1) is 24.8. The average Bonchev–Trinajstić information content (AvgIpc) is 3.88. The van der Waals surface area contributed by atoms with Crippen molar-refractivity contribution in [3.63, 3.8) is 0 Å². The number of fused-ring (bicyclic) bond motifs is 10. The van der Waals surface area contributed by atoms with Crippen molar-refractivity contribution in [2.24, 2.45) is 0 Å². The molecule has 0 radical (unpaired) electrons. The van der Waals surface area contributed by atoms with Crippen molar-refractivity contribution in [2.45, 2.75) is 0 Å². The van der Waals surface area contributed by atoms with E-state index in [0.717, 1.165) is 93.8 Å². The Kier molecular flexibility index (Phi) is 5.60. The first kappa shape index (κ1) is 27.1. The summed E-state index contributed by atoms with van der Waals surface area (Å²) in [6, 6.07) is 54.3. The summed E-state index contributed by atoms with van der Waals surface area (Å²) in [4.78, 5) is 7.30. The first-order valence-corrected chi connectivity index (χ1v) is 16.7. The maximum atomic E-state index is 6.78. The van der Waals surface area contributed by atoms with Crippen LogP contribution in [0.15, 0.2) is 171 Å². The molecule has 5 nitrogen and oxygen atoms in total. The standard InChI is InChI=1S/C45H26N2O3/c1-2-13-30(14-3-1)47(31-21-23-38-36(26-31)35-24-28-11-4-5-12-29(28)25-41(35)48-38)37-18-8-16-33-42-34(17-9-19-39(42)49-44(33)37)45-46-43-32-15-7-6-10-27(32)20-22-40(43)50-45/h1-26H. The Hall–Kier alpha value is -6.85.